The number of amides is 1. The van der Waals surface area contributed by atoms with Crippen molar-refractivity contribution in [3.63, 3.8) is 0 Å². The molecular formula is C18H19FN2O. The lowest BCUT2D eigenvalue weighted by Crippen LogP contribution is -2.42. The number of piperidine rings is 1. The van der Waals surface area contributed by atoms with E-state index in [0.717, 1.165) is 17.5 Å². The van der Waals surface area contributed by atoms with Crippen LogP contribution in [0.4, 0.5) is 10.2 Å². The maximum Gasteiger partial charge on any atom is 0.228 e. The topological polar surface area (TPSA) is 33.2 Å². The fraction of sp³-hybridized carbons (Fsp3) is 0.333. The number of nitrogens with zero attached hydrogens (tertiary/aromatic N) is 2. The van der Waals surface area contributed by atoms with Crippen LogP contribution in [0.2, 0.25) is 0 Å². The van der Waals surface area contributed by atoms with Gasteiger partial charge < -0.3 is 0 Å². The molecule has 2 heterocycles. The van der Waals surface area contributed by atoms with Gasteiger partial charge in [-0.15, -0.1) is 0 Å². The molecule has 0 saturated carbocycles. The van der Waals surface area contributed by atoms with E-state index in [0.29, 0.717) is 18.8 Å². The minimum Gasteiger partial charge on any atom is -0.297 e. The van der Waals surface area contributed by atoms with E-state index in [9.17, 15) is 9.18 Å². The molecule has 0 unspecified atom stereocenters. The Balaban J connectivity index is 1.82. The number of aromatic nitrogens is 1. The van der Waals surface area contributed by atoms with Crippen molar-refractivity contribution in [2.45, 2.75) is 26.7 Å². The van der Waals surface area contributed by atoms with Gasteiger partial charge in [0.05, 0.1) is 0 Å². The Morgan fingerprint density at radius 2 is 2.00 bits per heavy atom. The molecule has 1 aliphatic heterocycles. The molecule has 114 valence electrons. The second kappa shape index (κ2) is 5.52. The van der Waals surface area contributed by atoms with Crippen LogP contribution in [-0.4, -0.2) is 17.4 Å². The van der Waals surface area contributed by atoms with Gasteiger partial charge in [-0.2, -0.15) is 0 Å². The van der Waals surface area contributed by atoms with Crippen LogP contribution in [-0.2, 0) is 4.79 Å². The summed E-state index contributed by atoms with van der Waals surface area (Å²) in [5.74, 6) is 0.512. The van der Waals surface area contributed by atoms with Crippen molar-refractivity contribution < 1.29 is 9.18 Å². The van der Waals surface area contributed by atoms with E-state index in [-0.39, 0.29) is 17.1 Å². The van der Waals surface area contributed by atoms with E-state index in [1.54, 1.807) is 17.2 Å². The Hall–Kier alpha value is -2.23. The van der Waals surface area contributed by atoms with Crippen molar-refractivity contribution >= 4 is 11.7 Å². The van der Waals surface area contributed by atoms with Crippen molar-refractivity contribution in [1.29, 1.82) is 0 Å². The predicted molar refractivity (Wildman–Crippen MR) is 85.0 cm³/mol. The van der Waals surface area contributed by atoms with E-state index in [4.69, 9.17) is 0 Å². The molecule has 3 nitrogen and oxygen atoms in total. The molecule has 0 aliphatic carbocycles. The molecule has 4 heteroatoms. The second-order valence-corrected chi connectivity index (χ2v) is 6.55. The zero-order valence-electron chi connectivity index (χ0n) is 12.8. The summed E-state index contributed by atoms with van der Waals surface area (Å²) in [6, 6.07) is 10.1. The minimum atomic E-state index is -0.269. The van der Waals surface area contributed by atoms with E-state index < -0.39 is 0 Å². The van der Waals surface area contributed by atoms with E-state index in [1.807, 2.05) is 18.2 Å². The Morgan fingerprint density at radius 3 is 2.64 bits per heavy atom. The summed E-state index contributed by atoms with van der Waals surface area (Å²) in [6.45, 7) is 4.92. The Bertz CT molecular complexity index is 694. The molecule has 0 atom stereocenters. The van der Waals surface area contributed by atoms with Gasteiger partial charge in [-0.05, 0) is 41.7 Å². The molecule has 1 aliphatic rings. The van der Waals surface area contributed by atoms with Crippen LogP contribution in [0.15, 0.2) is 42.6 Å². The highest BCUT2D eigenvalue weighted by Crippen LogP contribution is 2.32. The number of hydrogen-bond donors (Lipinski definition) is 0. The lowest BCUT2D eigenvalue weighted by molar-refractivity contribution is -0.122. The zero-order chi connectivity index (χ0) is 15.7. The molecule has 0 bridgehead atoms. The molecule has 0 radical (unpaired) electrons. The lowest BCUT2D eigenvalue weighted by Gasteiger charge is -2.35. The molecule has 1 aromatic carbocycles. The Morgan fingerprint density at radius 1 is 1.18 bits per heavy atom. The van der Waals surface area contributed by atoms with Gasteiger partial charge in [0, 0.05) is 24.7 Å². The number of halogens is 1. The molecule has 2 aromatic rings. The van der Waals surface area contributed by atoms with Crippen LogP contribution < -0.4 is 4.90 Å². The van der Waals surface area contributed by atoms with E-state index in [2.05, 4.69) is 18.8 Å². The molecule has 1 aromatic heterocycles. The number of rotatable bonds is 2. The first-order valence-electron chi connectivity index (χ1n) is 7.47. The average molecular weight is 298 g/mol. The summed E-state index contributed by atoms with van der Waals surface area (Å²) in [7, 11) is 0. The van der Waals surface area contributed by atoms with Gasteiger partial charge in [-0.3, -0.25) is 9.69 Å². The zero-order valence-corrected chi connectivity index (χ0v) is 12.8. The van der Waals surface area contributed by atoms with E-state index in [1.165, 1.54) is 12.1 Å². The third kappa shape index (κ3) is 3.01. The van der Waals surface area contributed by atoms with Crippen molar-refractivity contribution in [3.05, 3.63) is 48.4 Å². The number of pyridine rings is 1. The third-order valence-corrected chi connectivity index (χ3v) is 4.13. The summed E-state index contributed by atoms with van der Waals surface area (Å²) in [4.78, 5) is 18.4. The van der Waals surface area contributed by atoms with Crippen molar-refractivity contribution in [2.24, 2.45) is 5.41 Å². The van der Waals surface area contributed by atoms with Gasteiger partial charge >= 0.3 is 0 Å². The molecule has 1 fully saturated rings. The molecule has 0 spiro atoms. The largest absolute Gasteiger partial charge is 0.297 e. The van der Waals surface area contributed by atoms with Crippen molar-refractivity contribution in [2.75, 3.05) is 11.4 Å². The molecule has 0 N–H and O–H groups in total. The number of anilines is 1. The lowest BCUT2D eigenvalue weighted by atomic mass is 9.82. The maximum atomic E-state index is 13.3. The standard InChI is InChI=1S/C18H19FN2O/c1-18(2)8-9-21(17(22)11-18)16-7-6-14(12-20-16)13-4-3-5-15(19)10-13/h3-7,10,12H,8-9,11H2,1-2H3. The molecule has 1 amide bonds. The molecule has 1 saturated heterocycles. The van der Waals surface area contributed by atoms with Crippen molar-refractivity contribution in [3.8, 4) is 11.1 Å². The van der Waals surface area contributed by atoms with E-state index >= 15 is 0 Å². The second-order valence-electron chi connectivity index (χ2n) is 6.55. The third-order valence-electron chi connectivity index (χ3n) is 4.13. The Labute approximate surface area is 129 Å². The molecule has 22 heavy (non-hydrogen) atoms. The van der Waals surface area contributed by atoms with Crippen LogP contribution in [0, 0.1) is 11.2 Å². The molecule has 3 rings (SSSR count). The average Bonchev–Trinajstić information content (AvgIpc) is 2.47. The van der Waals surface area contributed by atoms with Crippen LogP contribution >= 0.6 is 0 Å². The monoisotopic (exact) mass is 298 g/mol. The normalized spacial score (nSPS) is 17.6. The Kier molecular flexibility index (Phi) is 3.69. The summed E-state index contributed by atoms with van der Waals surface area (Å²) in [5, 5.41) is 0. The van der Waals surface area contributed by atoms with Gasteiger partial charge in [0.25, 0.3) is 0 Å². The highest BCUT2D eigenvalue weighted by molar-refractivity contribution is 5.93. The first kappa shape index (κ1) is 14.7. The fourth-order valence-electron chi connectivity index (χ4n) is 2.76. The highest BCUT2D eigenvalue weighted by atomic mass is 19.1. The van der Waals surface area contributed by atoms with Gasteiger partial charge in [0.1, 0.15) is 11.6 Å². The van der Waals surface area contributed by atoms with Crippen LogP contribution in [0.25, 0.3) is 11.1 Å². The van der Waals surface area contributed by atoms with Gasteiger partial charge in [0.2, 0.25) is 5.91 Å². The van der Waals surface area contributed by atoms with Crippen LogP contribution in [0.1, 0.15) is 26.7 Å². The fourth-order valence-corrected chi connectivity index (χ4v) is 2.76. The molecular weight excluding hydrogens is 279 g/mol. The number of carbonyl (C=O) groups is 1. The smallest absolute Gasteiger partial charge is 0.228 e. The van der Waals surface area contributed by atoms with Gasteiger partial charge in [-0.25, -0.2) is 9.37 Å². The van der Waals surface area contributed by atoms with Crippen LogP contribution in [0.5, 0.6) is 0 Å². The minimum absolute atomic E-state index is 0.0646. The summed E-state index contributed by atoms with van der Waals surface area (Å²) < 4.78 is 13.3. The quantitative estimate of drug-likeness (QED) is 0.838. The van der Waals surface area contributed by atoms with Crippen molar-refractivity contribution in [1.82, 2.24) is 4.98 Å². The maximum absolute atomic E-state index is 13.3. The predicted octanol–water partition coefficient (Wildman–Crippen LogP) is 4.04. The first-order chi connectivity index (χ1) is 10.4. The summed E-state index contributed by atoms with van der Waals surface area (Å²) in [6.07, 6.45) is 3.20. The van der Waals surface area contributed by atoms with Gasteiger partial charge in [0.15, 0.2) is 0 Å². The number of benzene rings is 1. The first-order valence-corrected chi connectivity index (χ1v) is 7.47. The number of hydrogen-bond acceptors (Lipinski definition) is 2. The summed E-state index contributed by atoms with van der Waals surface area (Å²) >= 11 is 0. The van der Waals surface area contributed by atoms with Gasteiger partial charge in [-0.1, -0.05) is 26.0 Å². The van der Waals surface area contributed by atoms with Crippen LogP contribution in [0.3, 0.4) is 0 Å². The summed E-state index contributed by atoms with van der Waals surface area (Å²) in [5.41, 5.74) is 1.69. The SMILES string of the molecule is CC1(C)CCN(c2ccc(-c3cccc(F)c3)cn2)C(=O)C1. The number of carbonyl (C=O) groups excluding carboxylic acids is 1. The highest BCUT2D eigenvalue weighted by Gasteiger charge is 2.32.